The van der Waals surface area contributed by atoms with Gasteiger partial charge in [-0.25, -0.2) is 0 Å². The van der Waals surface area contributed by atoms with E-state index >= 15 is 0 Å². The normalized spacial score (nSPS) is 10.2. The molecule has 12 heavy (non-hydrogen) atoms. The molecule has 0 aromatic rings. The van der Waals surface area contributed by atoms with E-state index in [0.29, 0.717) is 0 Å². The molecule has 0 aliphatic rings. The van der Waals surface area contributed by atoms with Gasteiger partial charge < -0.3 is 25.5 Å². The van der Waals surface area contributed by atoms with Crippen molar-refractivity contribution < 1.29 is 25.5 Å². The van der Waals surface area contributed by atoms with Gasteiger partial charge in [0.25, 0.3) is 0 Å². The molecule has 0 saturated heterocycles. The Balaban J connectivity index is 0. The Morgan fingerprint density at radius 3 is 1.25 bits per heavy atom. The van der Waals surface area contributed by atoms with E-state index in [4.69, 9.17) is 25.5 Å². The van der Waals surface area contributed by atoms with Crippen molar-refractivity contribution >= 4 is 0 Å². The molecule has 5 N–H and O–H groups in total. The fourth-order valence-electron chi connectivity index (χ4n) is 0.207. The van der Waals surface area contributed by atoms with E-state index in [2.05, 4.69) is 0 Å². The molecule has 0 spiro atoms. The van der Waals surface area contributed by atoms with Crippen molar-refractivity contribution in [3.63, 3.8) is 0 Å². The molecule has 74 valence electrons. The van der Waals surface area contributed by atoms with Gasteiger partial charge in [-0.05, 0) is 0 Å². The molecule has 5 heteroatoms. The van der Waals surface area contributed by atoms with Gasteiger partial charge in [-0.15, -0.1) is 0 Å². The Morgan fingerprint density at radius 1 is 0.833 bits per heavy atom. The fraction of sp³-hybridized carbons (Fsp3) is 0.714. The highest BCUT2D eigenvalue weighted by Crippen LogP contribution is 1.71. The third kappa shape index (κ3) is 16.3. The van der Waals surface area contributed by atoms with Crippen molar-refractivity contribution in [2.75, 3.05) is 26.4 Å². The van der Waals surface area contributed by atoms with Crippen LogP contribution in [0.25, 0.3) is 0 Å². The SMILES string of the molecule is OCC(O)CO.OCC=CCO. The first-order valence-corrected chi connectivity index (χ1v) is 3.49. The summed E-state index contributed by atoms with van der Waals surface area (Å²) in [6.07, 6.45) is 2.02. The van der Waals surface area contributed by atoms with Crippen molar-refractivity contribution in [2.24, 2.45) is 0 Å². The van der Waals surface area contributed by atoms with Crippen molar-refractivity contribution in [2.45, 2.75) is 6.10 Å². The van der Waals surface area contributed by atoms with Crippen LogP contribution in [0.5, 0.6) is 0 Å². The van der Waals surface area contributed by atoms with Crippen molar-refractivity contribution in [3.05, 3.63) is 12.2 Å². The fourth-order valence-corrected chi connectivity index (χ4v) is 0.207. The Bertz CT molecular complexity index is 83.8. The average molecular weight is 180 g/mol. The summed E-state index contributed by atoms with van der Waals surface area (Å²) in [5, 5.41) is 40.0. The van der Waals surface area contributed by atoms with E-state index in [-0.39, 0.29) is 26.4 Å². The summed E-state index contributed by atoms with van der Waals surface area (Å²) in [5.74, 6) is 0. The minimum Gasteiger partial charge on any atom is -0.394 e. The van der Waals surface area contributed by atoms with E-state index in [1.54, 1.807) is 0 Å². The van der Waals surface area contributed by atoms with Crippen LogP contribution >= 0.6 is 0 Å². The lowest BCUT2D eigenvalue weighted by molar-refractivity contribution is 0.0450. The summed E-state index contributed by atoms with van der Waals surface area (Å²) < 4.78 is 0. The predicted molar refractivity (Wildman–Crippen MR) is 43.5 cm³/mol. The van der Waals surface area contributed by atoms with Crippen LogP contribution in [0.15, 0.2) is 12.2 Å². The van der Waals surface area contributed by atoms with Gasteiger partial charge in [0, 0.05) is 0 Å². The molecule has 0 bridgehead atoms. The second kappa shape index (κ2) is 13.2. The summed E-state index contributed by atoms with van der Waals surface area (Å²) >= 11 is 0. The topological polar surface area (TPSA) is 101 Å². The highest BCUT2D eigenvalue weighted by atomic mass is 16.3. The summed E-state index contributed by atoms with van der Waals surface area (Å²) in [6.45, 7) is -0.700. The van der Waals surface area contributed by atoms with E-state index in [1.807, 2.05) is 0 Å². The highest BCUT2D eigenvalue weighted by Gasteiger charge is 1.93. The standard InChI is InChI=1S/C4H8O2.C3H8O3/c5-3-1-2-4-6;4-1-3(6)2-5/h1-2,5-6H,3-4H2;3-6H,1-2H2. The average Bonchev–Trinajstić information content (AvgIpc) is 2.14. The van der Waals surface area contributed by atoms with Crippen LogP contribution < -0.4 is 0 Å². The van der Waals surface area contributed by atoms with Crippen molar-refractivity contribution in [1.29, 1.82) is 0 Å². The minimum atomic E-state index is -0.954. The first kappa shape index (κ1) is 14.1. The van der Waals surface area contributed by atoms with Crippen LogP contribution in [0.1, 0.15) is 0 Å². The number of hydrogen-bond acceptors (Lipinski definition) is 5. The van der Waals surface area contributed by atoms with Gasteiger partial charge in [0.2, 0.25) is 0 Å². The van der Waals surface area contributed by atoms with Gasteiger partial charge >= 0.3 is 0 Å². The van der Waals surface area contributed by atoms with Gasteiger partial charge in [-0.2, -0.15) is 0 Å². The zero-order valence-corrected chi connectivity index (χ0v) is 6.80. The summed E-state index contributed by atoms with van der Waals surface area (Å²) in [5.41, 5.74) is 0. The smallest absolute Gasteiger partial charge is 0.100 e. The quantitative estimate of drug-likeness (QED) is 0.318. The molecule has 0 heterocycles. The van der Waals surface area contributed by atoms with E-state index in [0.717, 1.165) is 0 Å². The molecule has 0 aromatic heterocycles. The molecule has 0 atom stereocenters. The number of rotatable bonds is 4. The summed E-state index contributed by atoms with van der Waals surface area (Å²) in [6, 6.07) is 0. The van der Waals surface area contributed by atoms with Crippen LogP contribution in [0, 0.1) is 0 Å². The maximum absolute atomic E-state index is 8.17. The Morgan fingerprint density at radius 2 is 1.17 bits per heavy atom. The zero-order valence-electron chi connectivity index (χ0n) is 6.80. The molecule has 0 amide bonds. The lowest BCUT2D eigenvalue weighted by atomic mass is 10.4. The van der Waals surface area contributed by atoms with Gasteiger partial charge in [-0.1, -0.05) is 12.2 Å². The van der Waals surface area contributed by atoms with E-state index in [1.165, 1.54) is 12.2 Å². The van der Waals surface area contributed by atoms with Crippen molar-refractivity contribution in [3.8, 4) is 0 Å². The Kier molecular flexibility index (Phi) is 15.4. The van der Waals surface area contributed by atoms with E-state index < -0.39 is 6.10 Å². The minimum absolute atomic E-state index is 0.0144. The first-order valence-electron chi connectivity index (χ1n) is 3.49. The monoisotopic (exact) mass is 180 g/mol. The Hall–Kier alpha value is -0.460. The summed E-state index contributed by atoms with van der Waals surface area (Å²) in [4.78, 5) is 0. The molecule has 0 unspecified atom stereocenters. The third-order valence-electron chi connectivity index (χ3n) is 0.799. The molecule has 0 aliphatic carbocycles. The lowest BCUT2D eigenvalue weighted by Gasteiger charge is -1.96. The lowest BCUT2D eigenvalue weighted by Crippen LogP contribution is -2.15. The number of aliphatic hydroxyl groups is 5. The molecular weight excluding hydrogens is 164 g/mol. The van der Waals surface area contributed by atoms with Crippen LogP contribution in [0.3, 0.4) is 0 Å². The van der Waals surface area contributed by atoms with Gasteiger partial charge in [-0.3, -0.25) is 0 Å². The van der Waals surface area contributed by atoms with Gasteiger partial charge in [0.15, 0.2) is 0 Å². The highest BCUT2D eigenvalue weighted by molar-refractivity contribution is 4.78. The number of aliphatic hydroxyl groups excluding tert-OH is 5. The zero-order chi connectivity index (χ0) is 9.82. The Labute approximate surface area is 71.2 Å². The molecule has 5 nitrogen and oxygen atoms in total. The summed E-state index contributed by atoms with van der Waals surface area (Å²) in [7, 11) is 0. The predicted octanol–water partition coefficient (Wildman–Crippen LogP) is -2.14. The van der Waals surface area contributed by atoms with Crippen LogP contribution in [0.4, 0.5) is 0 Å². The second-order valence-electron chi connectivity index (χ2n) is 1.86. The molecule has 0 fully saturated rings. The molecule has 0 radical (unpaired) electrons. The maximum Gasteiger partial charge on any atom is 0.100 e. The van der Waals surface area contributed by atoms with E-state index in [9.17, 15) is 0 Å². The first-order chi connectivity index (χ1) is 5.72. The molecule has 0 aliphatic heterocycles. The van der Waals surface area contributed by atoms with Crippen LogP contribution in [0.2, 0.25) is 0 Å². The molecule has 0 saturated carbocycles. The van der Waals surface area contributed by atoms with Crippen LogP contribution in [-0.4, -0.2) is 58.1 Å². The largest absolute Gasteiger partial charge is 0.394 e. The third-order valence-corrected chi connectivity index (χ3v) is 0.799. The maximum atomic E-state index is 8.17. The van der Waals surface area contributed by atoms with Gasteiger partial charge in [0.1, 0.15) is 6.10 Å². The van der Waals surface area contributed by atoms with Gasteiger partial charge in [0.05, 0.1) is 26.4 Å². The number of hydrogen-bond donors (Lipinski definition) is 5. The molecule has 0 aromatic carbocycles. The second-order valence-corrected chi connectivity index (χ2v) is 1.86. The van der Waals surface area contributed by atoms with Crippen molar-refractivity contribution in [1.82, 2.24) is 0 Å². The molecule has 0 rings (SSSR count). The van der Waals surface area contributed by atoms with Crippen LogP contribution in [-0.2, 0) is 0 Å². The molecular formula is C7H16O5.